The molecule has 0 bridgehead atoms. The van der Waals surface area contributed by atoms with Crippen molar-refractivity contribution in [3.8, 4) is 0 Å². The monoisotopic (exact) mass is 720 g/mol. The Morgan fingerprint density at radius 3 is 2.27 bits per heavy atom. The highest BCUT2D eigenvalue weighted by atomic mass is 16.5. The number of rotatable bonds is 10. The number of allylic oxidation sites excluding steroid dienone is 3. The average Bonchev–Trinajstić information content (AvgIpc) is 3.57. The van der Waals surface area contributed by atoms with Crippen molar-refractivity contribution in [2.45, 2.75) is 158 Å². The van der Waals surface area contributed by atoms with Gasteiger partial charge in [0.05, 0.1) is 23.4 Å². The Hall–Kier alpha value is -2.28. The zero-order valence-electron chi connectivity index (χ0n) is 35.3. The molecular formula is C45H73N3O4. The molecule has 0 aromatic carbocycles. The Kier molecular flexibility index (Phi) is 9.57. The molecule has 1 heterocycles. The van der Waals surface area contributed by atoms with E-state index in [1.165, 1.54) is 37.8 Å². The maximum Gasteiger partial charge on any atom is 0.309 e. The summed E-state index contributed by atoms with van der Waals surface area (Å²) in [6, 6.07) is 2.02. The Labute approximate surface area is 315 Å². The van der Waals surface area contributed by atoms with Crippen molar-refractivity contribution in [1.82, 2.24) is 14.3 Å². The molecule has 0 spiro atoms. The summed E-state index contributed by atoms with van der Waals surface area (Å²) < 4.78 is 10.9. The first-order valence-corrected chi connectivity index (χ1v) is 20.7. The summed E-state index contributed by atoms with van der Waals surface area (Å²) in [6.07, 6.45) is 11.9. The third-order valence-electron chi connectivity index (χ3n) is 17.3. The van der Waals surface area contributed by atoms with E-state index in [0.29, 0.717) is 36.5 Å². The zero-order chi connectivity index (χ0) is 38.6. The van der Waals surface area contributed by atoms with Gasteiger partial charge in [0.1, 0.15) is 6.10 Å². The molecule has 0 amide bonds. The number of aliphatic carboxylic acids is 1. The number of nitrogens with zero attached hydrogens (tertiary/aromatic N) is 3. The van der Waals surface area contributed by atoms with E-state index in [2.05, 4.69) is 92.7 Å². The Morgan fingerprint density at radius 1 is 1.00 bits per heavy atom. The predicted octanol–water partition coefficient (Wildman–Crippen LogP) is 9.59. The molecule has 1 N–H and O–H groups in total. The molecule has 52 heavy (non-hydrogen) atoms. The van der Waals surface area contributed by atoms with Crippen LogP contribution < -0.4 is 5.56 Å². The van der Waals surface area contributed by atoms with Gasteiger partial charge in [0.15, 0.2) is 0 Å². The maximum absolute atomic E-state index is 13.6. The maximum atomic E-state index is 13.6. The summed E-state index contributed by atoms with van der Waals surface area (Å²) in [5, 5.41) is 9.75. The van der Waals surface area contributed by atoms with Crippen molar-refractivity contribution in [3.63, 3.8) is 0 Å². The Balaban J connectivity index is 1.35. The van der Waals surface area contributed by atoms with Crippen LogP contribution in [0, 0.1) is 50.2 Å². The lowest BCUT2D eigenvalue weighted by Crippen LogP contribution is -2.68. The number of carboxylic acids is 1. The van der Waals surface area contributed by atoms with Crippen LogP contribution in [0.2, 0.25) is 0 Å². The summed E-state index contributed by atoms with van der Waals surface area (Å²) in [4.78, 5) is 27.7. The number of hydrogen-bond donors (Lipinski definition) is 1. The first-order chi connectivity index (χ1) is 23.9. The minimum absolute atomic E-state index is 0.0423. The molecule has 0 saturated heterocycles. The van der Waals surface area contributed by atoms with E-state index in [9.17, 15) is 14.7 Å². The summed E-state index contributed by atoms with van der Waals surface area (Å²) in [6.45, 7) is 29.7. The topological polar surface area (TPSA) is 76.7 Å². The first-order valence-electron chi connectivity index (χ1n) is 20.7. The molecule has 5 aliphatic carbocycles. The third kappa shape index (κ3) is 5.41. The van der Waals surface area contributed by atoms with Crippen molar-refractivity contribution >= 4 is 5.97 Å². The highest BCUT2D eigenvalue weighted by Crippen LogP contribution is 2.80. The zero-order valence-corrected chi connectivity index (χ0v) is 35.3. The normalized spacial score (nSPS) is 38.5. The van der Waals surface area contributed by atoms with Gasteiger partial charge in [-0.05, 0) is 132 Å². The average molecular weight is 720 g/mol. The Morgan fingerprint density at radius 2 is 1.65 bits per heavy atom. The second-order valence-electron chi connectivity index (χ2n) is 21.1. The SMILES string of the molecule is C=C(CC(C)(C)C(=O)O)OC1CC[C@@]2(C)[C@@H](CCC3(C)[C@@H]2CCC2(C)C4=C(C(C)C)CC[C@]4(c4cc(=O)n(CCN(C)C)n4C)CC[C@]23C)C1(C)C. The van der Waals surface area contributed by atoms with Gasteiger partial charge in [-0.3, -0.25) is 14.3 Å². The van der Waals surface area contributed by atoms with Crippen molar-refractivity contribution in [3.05, 3.63) is 45.6 Å². The summed E-state index contributed by atoms with van der Waals surface area (Å²) in [7, 11) is 6.31. The number of aromatic nitrogens is 2. The van der Waals surface area contributed by atoms with Gasteiger partial charge >= 0.3 is 5.97 Å². The summed E-state index contributed by atoms with van der Waals surface area (Å²) in [5.74, 6) is 1.45. The number of carbonyl (C=O) groups is 1. The molecular weight excluding hydrogens is 647 g/mol. The van der Waals surface area contributed by atoms with Gasteiger partial charge in [-0.15, -0.1) is 0 Å². The van der Waals surface area contributed by atoms with Gasteiger partial charge in [0, 0.05) is 36.9 Å². The number of carboxylic acid groups (broad SMARTS) is 1. The molecule has 4 fully saturated rings. The minimum atomic E-state index is -0.895. The molecule has 3 unspecified atom stereocenters. The van der Waals surface area contributed by atoms with Crippen molar-refractivity contribution in [2.75, 3.05) is 20.6 Å². The minimum Gasteiger partial charge on any atom is -0.495 e. The largest absolute Gasteiger partial charge is 0.495 e. The quantitative estimate of drug-likeness (QED) is 0.193. The van der Waals surface area contributed by atoms with Crippen LogP contribution in [0.3, 0.4) is 0 Å². The lowest BCUT2D eigenvalue weighted by atomic mass is 9.30. The van der Waals surface area contributed by atoms with Crippen molar-refractivity contribution in [1.29, 1.82) is 0 Å². The van der Waals surface area contributed by atoms with E-state index < -0.39 is 11.4 Å². The van der Waals surface area contributed by atoms with E-state index in [1.54, 1.807) is 25.0 Å². The van der Waals surface area contributed by atoms with Crippen LogP contribution in [0.4, 0.5) is 0 Å². The molecule has 1 aromatic rings. The predicted molar refractivity (Wildman–Crippen MR) is 211 cm³/mol. The smallest absolute Gasteiger partial charge is 0.309 e. The molecule has 7 heteroatoms. The lowest BCUT2D eigenvalue weighted by molar-refractivity contribution is -0.246. The van der Waals surface area contributed by atoms with Crippen LogP contribution in [0.5, 0.6) is 0 Å². The summed E-state index contributed by atoms with van der Waals surface area (Å²) in [5.41, 5.74) is 4.36. The lowest BCUT2D eigenvalue weighted by Gasteiger charge is -2.75. The van der Waals surface area contributed by atoms with Crippen LogP contribution in [0.25, 0.3) is 0 Å². The number of fused-ring (bicyclic) bond motifs is 7. The van der Waals surface area contributed by atoms with Crippen molar-refractivity contribution in [2.24, 2.45) is 57.3 Å². The van der Waals surface area contributed by atoms with Gasteiger partial charge in [0.2, 0.25) is 0 Å². The Bertz CT molecular complexity index is 1690. The van der Waals surface area contributed by atoms with Gasteiger partial charge in [-0.25, -0.2) is 4.68 Å². The van der Waals surface area contributed by atoms with Gasteiger partial charge in [-0.1, -0.05) is 73.1 Å². The fourth-order valence-corrected chi connectivity index (χ4v) is 14.2. The van der Waals surface area contributed by atoms with E-state index >= 15 is 0 Å². The van der Waals surface area contributed by atoms with Crippen LogP contribution >= 0.6 is 0 Å². The summed E-state index contributed by atoms with van der Waals surface area (Å²) >= 11 is 0. The first kappa shape index (κ1) is 39.4. The van der Waals surface area contributed by atoms with Crippen LogP contribution in [-0.2, 0) is 28.5 Å². The van der Waals surface area contributed by atoms with Gasteiger partial charge in [-0.2, -0.15) is 0 Å². The van der Waals surface area contributed by atoms with Gasteiger partial charge < -0.3 is 14.7 Å². The van der Waals surface area contributed by atoms with E-state index in [0.717, 1.165) is 38.6 Å². The molecule has 0 aliphatic heterocycles. The second kappa shape index (κ2) is 12.6. The molecule has 292 valence electrons. The van der Waals surface area contributed by atoms with E-state index in [4.69, 9.17) is 4.74 Å². The van der Waals surface area contributed by atoms with Gasteiger partial charge in [0.25, 0.3) is 5.56 Å². The fourth-order valence-electron chi connectivity index (χ4n) is 14.2. The van der Waals surface area contributed by atoms with E-state index in [1.807, 2.05) is 10.7 Å². The highest BCUT2D eigenvalue weighted by Gasteiger charge is 2.73. The standard InChI is InChI=1S/C45H73N3O4/c1-29(2)31-15-22-45(34-27-36(49)48(47(34)14)26-25-46(12)13)24-23-44(11)42(9)20-16-32-40(6,7)35(52-30(3)28-39(4,5)38(50)51)18-19-41(32,8)33(42)17-21-43(44,10)37(31)45/h27,29,32-33,35H,3,15-26,28H2,1-2,4-14H3,(H,50,51)/t32-,33+,35?,41-,42?,43?,44-,45+/m0/s1. The number of hydrogen-bond acceptors (Lipinski definition) is 4. The van der Waals surface area contributed by atoms with Crippen molar-refractivity contribution < 1.29 is 14.6 Å². The molecule has 1 aromatic heterocycles. The number of likely N-dealkylation sites (N-methyl/N-ethyl adjacent to an activating group) is 1. The second-order valence-corrected chi connectivity index (χ2v) is 21.1. The van der Waals surface area contributed by atoms with E-state index in [-0.39, 0.29) is 44.2 Å². The van der Waals surface area contributed by atoms with Crippen LogP contribution in [0.1, 0.15) is 146 Å². The van der Waals surface area contributed by atoms with Crippen LogP contribution in [-0.4, -0.2) is 52.1 Å². The third-order valence-corrected chi connectivity index (χ3v) is 17.3. The molecule has 4 saturated carbocycles. The van der Waals surface area contributed by atoms with Crippen LogP contribution in [0.15, 0.2) is 34.3 Å². The fraction of sp³-hybridized carbons (Fsp3) is 0.822. The molecule has 5 aliphatic rings. The highest BCUT2D eigenvalue weighted by molar-refractivity contribution is 5.73. The molecule has 7 nitrogen and oxygen atoms in total. The molecule has 8 atom stereocenters. The molecule has 6 rings (SSSR count). The number of ether oxygens (including phenoxy) is 1. The molecule has 0 radical (unpaired) electrons.